The fraction of sp³-hybridized carbons (Fsp3) is 0.136. The second kappa shape index (κ2) is 11.1. The van der Waals surface area contributed by atoms with Gasteiger partial charge in [0, 0.05) is 24.0 Å². The quantitative estimate of drug-likeness (QED) is 0.177. The van der Waals surface area contributed by atoms with Gasteiger partial charge in [-0.3, -0.25) is 14.6 Å². The summed E-state index contributed by atoms with van der Waals surface area (Å²) in [5.41, 5.74) is -3.33. The molecule has 0 fully saturated rings. The number of aldehydes is 1. The average molecular weight is 552 g/mol. The Hall–Kier alpha value is -4.40. The van der Waals surface area contributed by atoms with Crippen molar-refractivity contribution in [3.05, 3.63) is 66.0 Å². The molecule has 0 unspecified atom stereocenters. The smallest absolute Gasteiger partial charge is 0.478 e. The van der Waals surface area contributed by atoms with Gasteiger partial charge in [-0.15, -0.1) is 26.3 Å². The summed E-state index contributed by atoms with van der Waals surface area (Å²) in [5.74, 6) is -4.61. The van der Waals surface area contributed by atoms with Crippen LogP contribution in [0.25, 0.3) is 0 Å². The lowest BCUT2D eigenvalue weighted by Gasteiger charge is -2.24. The van der Waals surface area contributed by atoms with Crippen LogP contribution in [0.2, 0.25) is 0 Å². The summed E-state index contributed by atoms with van der Waals surface area (Å²) >= 11 is 0. The molecule has 3 rings (SSSR count). The van der Waals surface area contributed by atoms with Gasteiger partial charge >= 0.3 is 12.7 Å². The molecule has 0 aliphatic heterocycles. The van der Waals surface area contributed by atoms with Crippen LogP contribution >= 0.6 is 0 Å². The van der Waals surface area contributed by atoms with Crippen molar-refractivity contribution < 1.29 is 60.0 Å². The number of nitrogens with one attached hydrogen (secondary N) is 1. The number of ether oxygens (including phenoxy) is 4. The molecule has 3 aromatic rings. The summed E-state index contributed by atoms with van der Waals surface area (Å²) < 4.78 is 94.1. The molecule has 17 heteroatoms. The molecule has 0 atom stereocenters. The van der Waals surface area contributed by atoms with E-state index in [2.05, 4.69) is 19.8 Å². The van der Waals surface area contributed by atoms with E-state index in [1.807, 2.05) is 0 Å². The number of alkyl halides is 6. The van der Waals surface area contributed by atoms with Gasteiger partial charge < -0.3 is 29.4 Å². The van der Waals surface area contributed by atoms with E-state index in [4.69, 9.17) is 25.2 Å². The topological polar surface area (TPSA) is 116 Å². The molecular formula is C22H12B2F6N2O7. The Morgan fingerprint density at radius 3 is 2.00 bits per heavy atom. The lowest BCUT2D eigenvalue weighted by atomic mass is 9.76. The Morgan fingerprint density at radius 2 is 1.44 bits per heavy atom. The minimum absolute atomic E-state index is 0.0442. The van der Waals surface area contributed by atoms with Crippen molar-refractivity contribution in [3.63, 3.8) is 0 Å². The van der Waals surface area contributed by atoms with Gasteiger partial charge in [-0.05, 0) is 36.4 Å². The lowest BCUT2D eigenvalue weighted by Crippen LogP contribution is -2.36. The minimum Gasteiger partial charge on any atom is -0.478 e. The number of carbonyl (C=O) groups is 2. The van der Waals surface area contributed by atoms with Crippen LogP contribution in [0, 0.1) is 0 Å². The monoisotopic (exact) mass is 552 g/mol. The largest absolute Gasteiger partial charge is 0.573 e. The van der Waals surface area contributed by atoms with E-state index in [0.717, 1.165) is 24.3 Å². The number of pyridine rings is 1. The molecule has 0 spiro atoms. The molecule has 9 nitrogen and oxygen atoms in total. The van der Waals surface area contributed by atoms with Gasteiger partial charge in [0.2, 0.25) is 0 Å². The van der Waals surface area contributed by atoms with E-state index in [0.29, 0.717) is 18.4 Å². The molecule has 2 N–H and O–H groups in total. The van der Waals surface area contributed by atoms with E-state index in [-0.39, 0.29) is 11.4 Å². The molecule has 1 heterocycles. The van der Waals surface area contributed by atoms with E-state index in [1.165, 1.54) is 18.3 Å². The highest BCUT2D eigenvalue weighted by molar-refractivity contribution is 6.37. The predicted octanol–water partition coefficient (Wildman–Crippen LogP) is 4.06. The summed E-state index contributed by atoms with van der Waals surface area (Å²) in [7, 11) is 10.3. The molecule has 200 valence electrons. The van der Waals surface area contributed by atoms with Gasteiger partial charge in [0.1, 0.15) is 28.5 Å². The van der Waals surface area contributed by atoms with Gasteiger partial charge in [0.25, 0.3) is 5.91 Å². The van der Waals surface area contributed by atoms with Crippen molar-refractivity contribution in [3.8, 4) is 28.7 Å². The number of benzene rings is 2. The number of aliphatic hydroxyl groups is 1. The first-order valence-electron chi connectivity index (χ1n) is 10.2. The van der Waals surface area contributed by atoms with E-state index >= 15 is 0 Å². The Bertz CT molecular complexity index is 1360. The normalized spacial score (nSPS) is 11.9. The number of hydrogen-bond acceptors (Lipinski definition) is 8. The van der Waals surface area contributed by atoms with Crippen LogP contribution < -0.4 is 24.3 Å². The summed E-state index contributed by atoms with van der Waals surface area (Å²) in [6.07, 6.45) is -8.67. The van der Waals surface area contributed by atoms with Crippen molar-refractivity contribution in [2.24, 2.45) is 0 Å². The first-order valence-corrected chi connectivity index (χ1v) is 10.2. The lowest BCUT2D eigenvalue weighted by molar-refractivity contribution is -0.275. The van der Waals surface area contributed by atoms with E-state index in [9.17, 15) is 41.0 Å². The van der Waals surface area contributed by atoms with Crippen LogP contribution in [-0.2, 0) is 0 Å². The molecule has 2 aromatic carbocycles. The maximum Gasteiger partial charge on any atom is 0.573 e. The number of hydrogen-bond donors (Lipinski definition) is 2. The van der Waals surface area contributed by atoms with Crippen LogP contribution in [-0.4, -0.2) is 56.3 Å². The zero-order valence-corrected chi connectivity index (χ0v) is 19.0. The summed E-state index contributed by atoms with van der Waals surface area (Å²) in [6.45, 7) is 0. The molecule has 0 saturated heterocycles. The molecule has 0 saturated carbocycles. The third kappa shape index (κ3) is 9.14. The number of nitrogens with zero attached hydrogens (tertiary/aromatic N) is 1. The van der Waals surface area contributed by atoms with Gasteiger partial charge in [-0.25, -0.2) is 0 Å². The van der Waals surface area contributed by atoms with Crippen LogP contribution in [0.4, 0.5) is 32.0 Å². The fourth-order valence-corrected chi connectivity index (χ4v) is 2.90. The molecule has 39 heavy (non-hydrogen) atoms. The standard InChI is InChI=1S/C22H12B2F6N2O7/c23-20(24,35)39-18-9-14(38-22(28,29)30)2-4-16(18)36-17-8-13(37-21(25,26)27)1-3-15(17)19(34)32-11-5-6-31-12(7-11)10-33/h1-10,35H,(H,31,32,34). The van der Waals surface area contributed by atoms with Crippen molar-refractivity contribution in [2.75, 3.05) is 5.32 Å². The van der Waals surface area contributed by atoms with Crippen molar-refractivity contribution in [2.45, 2.75) is 18.3 Å². The van der Waals surface area contributed by atoms with Crippen LogP contribution in [0.1, 0.15) is 20.8 Å². The molecule has 0 bridgehead atoms. The van der Waals surface area contributed by atoms with Crippen LogP contribution in [0.15, 0.2) is 54.7 Å². The van der Waals surface area contributed by atoms with E-state index < -0.39 is 58.5 Å². The molecular weight excluding hydrogens is 540 g/mol. The van der Waals surface area contributed by atoms with Crippen LogP contribution in [0.5, 0.6) is 28.7 Å². The highest BCUT2D eigenvalue weighted by atomic mass is 19.4. The number of carbonyl (C=O) groups excluding carboxylic acids is 2. The van der Waals surface area contributed by atoms with Crippen molar-refractivity contribution in [1.82, 2.24) is 4.98 Å². The molecule has 4 radical (unpaired) electrons. The van der Waals surface area contributed by atoms with E-state index in [1.54, 1.807) is 0 Å². The summed E-state index contributed by atoms with van der Waals surface area (Å²) in [4.78, 5) is 27.6. The Morgan fingerprint density at radius 1 is 0.846 bits per heavy atom. The molecule has 0 aliphatic rings. The van der Waals surface area contributed by atoms with Crippen molar-refractivity contribution >= 4 is 33.6 Å². The number of aromatic nitrogens is 1. The van der Waals surface area contributed by atoms with Crippen molar-refractivity contribution in [1.29, 1.82) is 0 Å². The minimum atomic E-state index is -5.14. The average Bonchev–Trinajstić information content (AvgIpc) is 2.78. The number of anilines is 1. The van der Waals surface area contributed by atoms with Crippen LogP contribution in [0.3, 0.4) is 0 Å². The SMILES string of the molecule is [B]C([B])(O)Oc1cc(OC(F)(F)F)ccc1Oc1cc(OC(F)(F)F)ccc1C(=O)Nc1ccnc(C=O)c1. The second-order valence-corrected chi connectivity index (χ2v) is 7.36. The zero-order chi connectivity index (χ0) is 29.0. The highest BCUT2D eigenvalue weighted by Crippen LogP contribution is 2.40. The number of halogens is 6. The van der Waals surface area contributed by atoms with Gasteiger partial charge in [-0.1, -0.05) is 0 Å². The Labute approximate surface area is 217 Å². The molecule has 0 aliphatic carbocycles. The fourth-order valence-electron chi connectivity index (χ4n) is 2.90. The predicted molar refractivity (Wildman–Crippen MR) is 121 cm³/mol. The van der Waals surface area contributed by atoms with Gasteiger partial charge in [0.15, 0.2) is 33.5 Å². The third-order valence-electron chi connectivity index (χ3n) is 4.23. The summed E-state index contributed by atoms with van der Waals surface area (Å²) in [5, 5.41) is 12.0. The first-order chi connectivity index (χ1) is 18.0. The molecule has 1 aromatic heterocycles. The second-order valence-electron chi connectivity index (χ2n) is 7.36. The zero-order valence-electron chi connectivity index (χ0n) is 19.0. The maximum absolute atomic E-state index is 12.9. The van der Waals surface area contributed by atoms with Gasteiger partial charge in [-0.2, -0.15) is 0 Å². The Kier molecular flexibility index (Phi) is 8.33. The molecule has 1 amide bonds. The summed E-state index contributed by atoms with van der Waals surface area (Å²) in [6, 6.07) is 6.92. The Balaban J connectivity index is 2.05. The maximum atomic E-state index is 12.9. The highest BCUT2D eigenvalue weighted by Gasteiger charge is 2.33. The van der Waals surface area contributed by atoms with Gasteiger partial charge in [0.05, 0.1) is 5.56 Å². The number of rotatable bonds is 9. The third-order valence-corrected chi connectivity index (χ3v) is 4.23. The number of amides is 1. The first kappa shape index (κ1) is 29.2.